The first-order valence-electron chi connectivity index (χ1n) is 6.02. The number of aliphatic carboxylic acids is 1. The molecule has 0 unspecified atom stereocenters. The fraction of sp³-hybridized carbons (Fsp3) is 0.308. The maximum atomic E-state index is 11.7. The van der Waals surface area contributed by atoms with Crippen LogP contribution in [-0.4, -0.2) is 41.6 Å². The van der Waals surface area contributed by atoms with Crippen molar-refractivity contribution < 1.29 is 24.2 Å². The molecular weight excluding hydrogens is 300 g/mol. The average Bonchev–Trinajstić information content (AvgIpc) is 2.43. The van der Waals surface area contributed by atoms with Gasteiger partial charge in [0.25, 0.3) is 0 Å². The Balaban J connectivity index is 2.61. The van der Waals surface area contributed by atoms with Crippen molar-refractivity contribution in [2.45, 2.75) is 19.0 Å². The third-order valence-corrected chi connectivity index (χ3v) is 2.74. The van der Waals surface area contributed by atoms with E-state index in [9.17, 15) is 14.4 Å². The van der Waals surface area contributed by atoms with Gasteiger partial charge in [0, 0.05) is 5.02 Å². The van der Waals surface area contributed by atoms with Crippen molar-refractivity contribution in [1.29, 1.82) is 0 Å². The minimum Gasteiger partial charge on any atom is -0.480 e. The van der Waals surface area contributed by atoms with Gasteiger partial charge in [-0.1, -0.05) is 11.6 Å². The SMILES string of the molecule is C[C@H](N)C(=O)N[C@@H](COC(=O)c1ccc(Cl)cc1)C(=O)O. The zero-order valence-corrected chi connectivity index (χ0v) is 12.0. The van der Waals surface area contributed by atoms with Gasteiger partial charge in [0.15, 0.2) is 6.04 Å². The second kappa shape index (κ2) is 7.61. The summed E-state index contributed by atoms with van der Waals surface area (Å²) in [5.41, 5.74) is 5.54. The summed E-state index contributed by atoms with van der Waals surface area (Å²) in [6.07, 6.45) is 0. The van der Waals surface area contributed by atoms with E-state index in [4.69, 9.17) is 27.2 Å². The maximum absolute atomic E-state index is 11.7. The van der Waals surface area contributed by atoms with E-state index in [2.05, 4.69) is 5.32 Å². The molecule has 1 rings (SSSR count). The Kier molecular flexibility index (Phi) is 6.13. The van der Waals surface area contributed by atoms with Gasteiger partial charge in [0.1, 0.15) is 6.61 Å². The van der Waals surface area contributed by atoms with Gasteiger partial charge in [0.2, 0.25) is 5.91 Å². The van der Waals surface area contributed by atoms with Crippen molar-refractivity contribution >= 4 is 29.4 Å². The molecule has 1 aromatic carbocycles. The van der Waals surface area contributed by atoms with Crippen LogP contribution in [0, 0.1) is 0 Å². The van der Waals surface area contributed by atoms with Crippen molar-refractivity contribution in [1.82, 2.24) is 5.32 Å². The van der Waals surface area contributed by atoms with E-state index in [-0.39, 0.29) is 5.56 Å². The van der Waals surface area contributed by atoms with Crippen molar-refractivity contribution in [3.05, 3.63) is 34.9 Å². The van der Waals surface area contributed by atoms with Gasteiger partial charge < -0.3 is 20.9 Å². The molecule has 0 aliphatic rings. The molecule has 2 atom stereocenters. The molecule has 0 aliphatic carbocycles. The van der Waals surface area contributed by atoms with Gasteiger partial charge in [-0.05, 0) is 31.2 Å². The highest BCUT2D eigenvalue weighted by Gasteiger charge is 2.23. The molecule has 0 aliphatic heterocycles. The van der Waals surface area contributed by atoms with Crippen molar-refractivity contribution in [2.24, 2.45) is 5.73 Å². The Morgan fingerprint density at radius 2 is 1.90 bits per heavy atom. The number of amides is 1. The van der Waals surface area contributed by atoms with Crippen molar-refractivity contribution in [2.75, 3.05) is 6.61 Å². The first-order valence-corrected chi connectivity index (χ1v) is 6.40. The number of hydrogen-bond acceptors (Lipinski definition) is 5. The summed E-state index contributed by atoms with van der Waals surface area (Å²) in [6, 6.07) is 3.68. The van der Waals surface area contributed by atoms with Crippen LogP contribution in [0.3, 0.4) is 0 Å². The fourth-order valence-corrected chi connectivity index (χ4v) is 1.43. The topological polar surface area (TPSA) is 119 Å². The summed E-state index contributed by atoms with van der Waals surface area (Å²) in [5.74, 6) is -2.69. The largest absolute Gasteiger partial charge is 0.480 e. The minimum absolute atomic E-state index is 0.224. The molecule has 1 amide bonds. The van der Waals surface area contributed by atoms with Crippen LogP contribution in [0.15, 0.2) is 24.3 Å². The predicted molar refractivity (Wildman–Crippen MR) is 75.0 cm³/mol. The zero-order chi connectivity index (χ0) is 16.0. The van der Waals surface area contributed by atoms with E-state index in [1.54, 1.807) is 0 Å². The lowest BCUT2D eigenvalue weighted by Crippen LogP contribution is -2.49. The van der Waals surface area contributed by atoms with Gasteiger partial charge in [0.05, 0.1) is 11.6 Å². The number of carboxylic acid groups (broad SMARTS) is 1. The molecule has 0 radical (unpaired) electrons. The zero-order valence-electron chi connectivity index (χ0n) is 11.2. The molecule has 0 saturated carbocycles. The smallest absolute Gasteiger partial charge is 0.338 e. The van der Waals surface area contributed by atoms with E-state index in [0.717, 1.165) is 0 Å². The third kappa shape index (κ3) is 5.41. The number of carbonyl (C=O) groups excluding carboxylic acids is 2. The standard InChI is InChI=1S/C13H15ClN2O5/c1-7(15)11(17)16-10(12(18)19)6-21-13(20)8-2-4-9(14)5-3-8/h2-5,7,10H,6,15H2,1H3,(H,16,17)(H,18,19)/t7-,10-/m0/s1. The molecule has 114 valence electrons. The Morgan fingerprint density at radius 3 is 2.38 bits per heavy atom. The molecule has 8 heteroatoms. The Labute approximate surface area is 126 Å². The van der Waals surface area contributed by atoms with Crippen LogP contribution in [0.1, 0.15) is 17.3 Å². The number of rotatable bonds is 6. The quantitative estimate of drug-likeness (QED) is 0.654. The molecule has 7 nitrogen and oxygen atoms in total. The van der Waals surface area contributed by atoms with Crippen molar-refractivity contribution in [3.63, 3.8) is 0 Å². The first-order chi connectivity index (χ1) is 9.81. The molecule has 0 aromatic heterocycles. The molecule has 0 saturated heterocycles. The van der Waals surface area contributed by atoms with Crippen LogP contribution in [0.25, 0.3) is 0 Å². The lowest BCUT2D eigenvalue weighted by Gasteiger charge is -2.16. The van der Waals surface area contributed by atoms with E-state index in [0.29, 0.717) is 5.02 Å². The highest BCUT2D eigenvalue weighted by molar-refractivity contribution is 6.30. The second-order valence-corrected chi connectivity index (χ2v) is 4.73. The van der Waals surface area contributed by atoms with Gasteiger partial charge in [-0.3, -0.25) is 4.79 Å². The number of carbonyl (C=O) groups is 3. The lowest BCUT2D eigenvalue weighted by atomic mass is 10.2. The van der Waals surface area contributed by atoms with Gasteiger partial charge in [-0.25, -0.2) is 9.59 Å². The summed E-state index contributed by atoms with van der Waals surface area (Å²) in [4.78, 5) is 34.0. The predicted octanol–water partition coefficient (Wildman–Crippen LogP) is 0.413. The number of ether oxygens (including phenoxy) is 1. The van der Waals surface area contributed by atoms with Crippen LogP contribution in [0.4, 0.5) is 0 Å². The summed E-state index contributed by atoms with van der Waals surface area (Å²) < 4.78 is 4.85. The Bertz CT molecular complexity index is 530. The van der Waals surface area contributed by atoms with Crippen LogP contribution >= 0.6 is 11.6 Å². The number of esters is 1. The monoisotopic (exact) mass is 314 g/mol. The van der Waals surface area contributed by atoms with E-state index in [1.807, 2.05) is 0 Å². The highest BCUT2D eigenvalue weighted by Crippen LogP contribution is 2.10. The molecule has 1 aromatic rings. The van der Waals surface area contributed by atoms with Crippen LogP contribution in [0.5, 0.6) is 0 Å². The van der Waals surface area contributed by atoms with E-state index in [1.165, 1.54) is 31.2 Å². The fourth-order valence-electron chi connectivity index (χ4n) is 1.31. The summed E-state index contributed by atoms with van der Waals surface area (Å²) in [7, 11) is 0. The molecule has 4 N–H and O–H groups in total. The average molecular weight is 315 g/mol. The van der Waals surface area contributed by atoms with Crippen LogP contribution in [-0.2, 0) is 14.3 Å². The number of benzene rings is 1. The van der Waals surface area contributed by atoms with Gasteiger partial charge >= 0.3 is 11.9 Å². The molecule has 0 heterocycles. The molecule has 0 bridgehead atoms. The molecule has 21 heavy (non-hydrogen) atoms. The molecular formula is C13H15ClN2O5. The third-order valence-electron chi connectivity index (χ3n) is 2.49. The summed E-state index contributed by atoms with van der Waals surface area (Å²) in [6.45, 7) is 0.906. The highest BCUT2D eigenvalue weighted by atomic mass is 35.5. The normalized spacial score (nSPS) is 13.1. The number of nitrogens with one attached hydrogen (secondary N) is 1. The number of halogens is 1. The Morgan fingerprint density at radius 1 is 1.33 bits per heavy atom. The van der Waals surface area contributed by atoms with Crippen LogP contribution in [0.2, 0.25) is 5.02 Å². The first kappa shape index (κ1) is 16.9. The second-order valence-electron chi connectivity index (χ2n) is 4.29. The van der Waals surface area contributed by atoms with Crippen LogP contribution < -0.4 is 11.1 Å². The summed E-state index contributed by atoms with van der Waals surface area (Å²) in [5, 5.41) is 11.6. The number of hydrogen-bond donors (Lipinski definition) is 3. The van der Waals surface area contributed by atoms with E-state index >= 15 is 0 Å². The Hall–Kier alpha value is -2.12. The number of carboxylic acids is 1. The van der Waals surface area contributed by atoms with E-state index < -0.39 is 36.5 Å². The van der Waals surface area contributed by atoms with Gasteiger partial charge in [-0.2, -0.15) is 0 Å². The molecule has 0 spiro atoms. The molecule has 0 fully saturated rings. The maximum Gasteiger partial charge on any atom is 0.338 e. The van der Waals surface area contributed by atoms with Crippen molar-refractivity contribution in [3.8, 4) is 0 Å². The minimum atomic E-state index is -1.36. The van der Waals surface area contributed by atoms with Gasteiger partial charge in [-0.15, -0.1) is 0 Å². The lowest BCUT2D eigenvalue weighted by molar-refractivity contribution is -0.143. The summed E-state index contributed by atoms with van der Waals surface area (Å²) >= 11 is 5.68. The number of nitrogens with two attached hydrogens (primary N) is 1.